The van der Waals surface area contributed by atoms with Crippen LogP contribution in [0.3, 0.4) is 0 Å². The number of aromatic nitrogens is 5. The molecule has 21 heavy (non-hydrogen) atoms. The molecule has 8 heteroatoms. The number of carboxylic acid groups (broad SMARTS) is 1. The molecule has 104 valence electrons. The maximum absolute atomic E-state index is 14.0. The molecule has 0 atom stereocenters. The molecule has 0 saturated heterocycles. The summed E-state index contributed by atoms with van der Waals surface area (Å²) in [6.07, 6.45) is 1.17. The number of pyridine rings is 1. The van der Waals surface area contributed by atoms with Crippen LogP contribution in [0.15, 0.2) is 42.6 Å². The van der Waals surface area contributed by atoms with Crippen LogP contribution in [-0.4, -0.2) is 36.3 Å². The lowest BCUT2D eigenvalue weighted by atomic mass is 10.2. The highest BCUT2D eigenvalue weighted by Gasteiger charge is 2.18. The number of hydrogen-bond acceptors (Lipinski definition) is 5. The second kappa shape index (κ2) is 5.08. The van der Waals surface area contributed by atoms with Crippen molar-refractivity contribution in [1.29, 1.82) is 0 Å². The normalized spacial score (nSPS) is 10.5. The van der Waals surface area contributed by atoms with Crippen molar-refractivity contribution in [3.63, 3.8) is 0 Å². The number of rotatable bonds is 3. The van der Waals surface area contributed by atoms with Crippen LogP contribution >= 0.6 is 0 Å². The fraction of sp³-hybridized carbons (Fsp3) is 0. The van der Waals surface area contributed by atoms with Crippen LogP contribution in [0.4, 0.5) is 4.39 Å². The first kappa shape index (κ1) is 12.9. The lowest BCUT2D eigenvalue weighted by Crippen LogP contribution is -2.10. The maximum Gasteiger partial charge on any atom is 0.338 e. The summed E-state index contributed by atoms with van der Waals surface area (Å²) >= 11 is 0. The summed E-state index contributed by atoms with van der Waals surface area (Å²) in [4.78, 5) is 15.5. The molecule has 0 aliphatic rings. The Labute approximate surface area is 117 Å². The van der Waals surface area contributed by atoms with Gasteiger partial charge in [0.2, 0.25) is 11.6 Å². The Hall–Kier alpha value is -3.16. The SMILES string of the molecule is O=C(O)c1ccnc(-n2nnc(-c3ccccc3)n2)c1F. The predicted molar refractivity (Wildman–Crippen MR) is 69.3 cm³/mol. The predicted octanol–water partition coefficient (Wildman–Crippen LogP) is 1.56. The highest BCUT2D eigenvalue weighted by Crippen LogP contribution is 2.16. The molecule has 0 bridgehead atoms. The Morgan fingerprint density at radius 3 is 2.67 bits per heavy atom. The van der Waals surface area contributed by atoms with E-state index in [-0.39, 0.29) is 11.6 Å². The number of hydrogen-bond donors (Lipinski definition) is 1. The van der Waals surface area contributed by atoms with Crippen molar-refractivity contribution < 1.29 is 14.3 Å². The first-order valence-corrected chi connectivity index (χ1v) is 5.90. The van der Waals surface area contributed by atoms with E-state index in [9.17, 15) is 9.18 Å². The average molecular weight is 285 g/mol. The van der Waals surface area contributed by atoms with Crippen molar-refractivity contribution in [2.24, 2.45) is 0 Å². The monoisotopic (exact) mass is 285 g/mol. The zero-order valence-electron chi connectivity index (χ0n) is 10.5. The van der Waals surface area contributed by atoms with E-state index in [0.717, 1.165) is 10.9 Å². The summed E-state index contributed by atoms with van der Waals surface area (Å²) in [5.41, 5.74) is 0.206. The summed E-state index contributed by atoms with van der Waals surface area (Å²) < 4.78 is 14.0. The lowest BCUT2D eigenvalue weighted by molar-refractivity contribution is 0.0691. The quantitative estimate of drug-likeness (QED) is 0.784. The van der Waals surface area contributed by atoms with Crippen LogP contribution in [0, 0.1) is 5.82 Å². The fourth-order valence-electron chi connectivity index (χ4n) is 1.74. The number of carboxylic acids is 1. The fourth-order valence-corrected chi connectivity index (χ4v) is 1.74. The van der Waals surface area contributed by atoms with Gasteiger partial charge in [-0.25, -0.2) is 14.2 Å². The largest absolute Gasteiger partial charge is 0.478 e. The summed E-state index contributed by atoms with van der Waals surface area (Å²) in [6.45, 7) is 0. The Bertz CT molecular complexity index is 803. The Morgan fingerprint density at radius 2 is 1.95 bits per heavy atom. The van der Waals surface area contributed by atoms with Gasteiger partial charge in [-0.15, -0.1) is 15.0 Å². The molecule has 0 fully saturated rings. The van der Waals surface area contributed by atoms with Crippen molar-refractivity contribution in [2.75, 3.05) is 0 Å². The van der Waals surface area contributed by atoms with Crippen LogP contribution in [0.1, 0.15) is 10.4 Å². The van der Waals surface area contributed by atoms with Gasteiger partial charge in [-0.3, -0.25) is 0 Å². The van der Waals surface area contributed by atoms with E-state index >= 15 is 0 Å². The molecule has 2 aromatic heterocycles. The minimum absolute atomic E-state index is 0.289. The van der Waals surface area contributed by atoms with E-state index in [1.807, 2.05) is 6.07 Å². The van der Waals surface area contributed by atoms with Gasteiger partial charge in [0.1, 0.15) is 5.56 Å². The molecule has 0 saturated carbocycles. The van der Waals surface area contributed by atoms with Crippen molar-refractivity contribution in [3.05, 3.63) is 54.0 Å². The topological polar surface area (TPSA) is 93.8 Å². The smallest absolute Gasteiger partial charge is 0.338 e. The van der Waals surface area contributed by atoms with Gasteiger partial charge in [-0.05, 0) is 11.3 Å². The minimum atomic E-state index is -1.39. The maximum atomic E-state index is 14.0. The molecular formula is C13H8FN5O2. The third-order valence-corrected chi connectivity index (χ3v) is 2.74. The van der Waals surface area contributed by atoms with E-state index in [1.54, 1.807) is 24.3 Å². The number of nitrogens with zero attached hydrogens (tertiary/aromatic N) is 5. The van der Waals surface area contributed by atoms with Gasteiger partial charge in [-0.1, -0.05) is 30.3 Å². The molecule has 0 unspecified atom stereocenters. The lowest BCUT2D eigenvalue weighted by Gasteiger charge is -2.01. The number of carbonyl (C=O) groups is 1. The second-order valence-electron chi connectivity index (χ2n) is 4.07. The highest BCUT2D eigenvalue weighted by molar-refractivity contribution is 5.88. The molecule has 7 nitrogen and oxygen atoms in total. The Morgan fingerprint density at radius 1 is 1.19 bits per heavy atom. The first-order valence-electron chi connectivity index (χ1n) is 5.90. The van der Waals surface area contributed by atoms with Crippen molar-refractivity contribution in [3.8, 4) is 17.2 Å². The molecule has 0 aliphatic carbocycles. The second-order valence-corrected chi connectivity index (χ2v) is 4.07. The Kier molecular flexibility index (Phi) is 3.11. The molecule has 1 aromatic carbocycles. The molecule has 0 spiro atoms. The van der Waals surface area contributed by atoms with E-state index < -0.39 is 17.3 Å². The van der Waals surface area contributed by atoms with Gasteiger partial charge >= 0.3 is 5.97 Å². The number of halogens is 1. The number of aromatic carboxylic acids is 1. The summed E-state index contributed by atoms with van der Waals surface area (Å²) in [6, 6.07) is 10.1. The third kappa shape index (κ3) is 2.34. The van der Waals surface area contributed by atoms with E-state index in [2.05, 4.69) is 20.4 Å². The average Bonchev–Trinajstić information content (AvgIpc) is 2.98. The molecule has 0 radical (unpaired) electrons. The Balaban J connectivity index is 2.05. The van der Waals surface area contributed by atoms with Crippen LogP contribution in [0.5, 0.6) is 0 Å². The zero-order valence-corrected chi connectivity index (χ0v) is 10.5. The van der Waals surface area contributed by atoms with Crippen molar-refractivity contribution in [1.82, 2.24) is 25.2 Å². The van der Waals surface area contributed by atoms with Gasteiger partial charge < -0.3 is 5.11 Å². The highest BCUT2D eigenvalue weighted by atomic mass is 19.1. The van der Waals surface area contributed by atoms with Crippen LogP contribution in [0.2, 0.25) is 0 Å². The molecular weight excluding hydrogens is 277 g/mol. The molecule has 2 heterocycles. The minimum Gasteiger partial charge on any atom is -0.478 e. The van der Waals surface area contributed by atoms with Gasteiger partial charge in [0.25, 0.3) is 0 Å². The van der Waals surface area contributed by atoms with Crippen LogP contribution < -0.4 is 0 Å². The van der Waals surface area contributed by atoms with Crippen LogP contribution in [0.25, 0.3) is 17.2 Å². The van der Waals surface area contributed by atoms with Gasteiger partial charge in [-0.2, -0.15) is 0 Å². The third-order valence-electron chi connectivity index (χ3n) is 2.74. The molecule has 0 aliphatic heterocycles. The standard InChI is InChI=1S/C13H8FN5O2/c14-10-9(13(20)21)6-7-15-12(10)19-17-11(16-18-19)8-4-2-1-3-5-8/h1-7H,(H,20,21). The number of tetrazole rings is 1. The van der Waals surface area contributed by atoms with Crippen molar-refractivity contribution >= 4 is 5.97 Å². The van der Waals surface area contributed by atoms with E-state index in [1.165, 1.54) is 6.20 Å². The summed E-state index contributed by atoms with van der Waals surface area (Å²) in [7, 11) is 0. The van der Waals surface area contributed by atoms with Gasteiger partial charge in [0.05, 0.1) is 0 Å². The molecule has 3 aromatic rings. The summed E-state index contributed by atoms with van der Waals surface area (Å²) in [5, 5.41) is 20.4. The van der Waals surface area contributed by atoms with Crippen LogP contribution in [-0.2, 0) is 0 Å². The molecule has 0 amide bonds. The molecule has 1 N–H and O–H groups in total. The van der Waals surface area contributed by atoms with E-state index in [0.29, 0.717) is 5.56 Å². The first-order chi connectivity index (χ1) is 10.2. The van der Waals surface area contributed by atoms with E-state index in [4.69, 9.17) is 5.11 Å². The zero-order chi connectivity index (χ0) is 14.8. The van der Waals surface area contributed by atoms with Crippen molar-refractivity contribution in [2.45, 2.75) is 0 Å². The summed E-state index contributed by atoms with van der Waals surface area (Å²) in [5.74, 6) is -2.43. The van der Waals surface area contributed by atoms with Gasteiger partial charge in [0.15, 0.2) is 5.82 Å². The van der Waals surface area contributed by atoms with Gasteiger partial charge in [0, 0.05) is 11.8 Å². The molecule has 3 rings (SSSR count). The number of benzene rings is 1.